The minimum absolute atomic E-state index is 0.208. The van der Waals surface area contributed by atoms with Crippen LogP contribution in [0.25, 0.3) is 10.8 Å². The second-order valence-corrected chi connectivity index (χ2v) is 9.69. The van der Waals surface area contributed by atoms with Crippen LogP contribution in [0.2, 0.25) is 0 Å². The van der Waals surface area contributed by atoms with Crippen molar-refractivity contribution in [2.75, 3.05) is 19.6 Å². The van der Waals surface area contributed by atoms with Crippen molar-refractivity contribution in [2.45, 2.75) is 57.3 Å². The lowest BCUT2D eigenvalue weighted by Gasteiger charge is -2.32. The van der Waals surface area contributed by atoms with Crippen molar-refractivity contribution in [2.24, 2.45) is 0 Å². The Morgan fingerprint density at radius 1 is 0.879 bits per heavy atom. The molecule has 0 unspecified atom stereocenters. The van der Waals surface area contributed by atoms with Crippen molar-refractivity contribution in [1.82, 2.24) is 15.1 Å². The number of likely N-dealkylation sites (tertiary alicyclic amines) is 1. The van der Waals surface area contributed by atoms with Crippen molar-refractivity contribution in [3.8, 4) is 0 Å². The minimum Gasteiger partial charge on any atom is -0.353 e. The summed E-state index contributed by atoms with van der Waals surface area (Å²) in [5.41, 5.74) is 2.73. The molecular weight excluding hydrogens is 406 g/mol. The molecular formula is C29H35N3O. The van der Waals surface area contributed by atoms with Gasteiger partial charge in [0.15, 0.2) is 0 Å². The number of nitrogens with one attached hydrogen (secondary N) is 1. The molecule has 4 nitrogen and oxygen atoms in total. The summed E-state index contributed by atoms with van der Waals surface area (Å²) in [6, 6.07) is 26.8. The number of benzene rings is 3. The number of amides is 1. The van der Waals surface area contributed by atoms with Gasteiger partial charge in [-0.05, 0) is 47.6 Å². The molecule has 172 valence electrons. The van der Waals surface area contributed by atoms with E-state index >= 15 is 0 Å². The summed E-state index contributed by atoms with van der Waals surface area (Å²) >= 11 is 0. The van der Waals surface area contributed by atoms with E-state index in [0.29, 0.717) is 18.5 Å². The summed E-state index contributed by atoms with van der Waals surface area (Å²) < 4.78 is 0. The van der Waals surface area contributed by atoms with Crippen LogP contribution in [0.15, 0.2) is 72.8 Å². The fourth-order valence-corrected chi connectivity index (χ4v) is 5.10. The van der Waals surface area contributed by atoms with Crippen LogP contribution in [0.1, 0.15) is 43.2 Å². The molecule has 1 saturated carbocycles. The summed E-state index contributed by atoms with van der Waals surface area (Å²) in [6.07, 6.45) is 5.19. The van der Waals surface area contributed by atoms with Crippen molar-refractivity contribution >= 4 is 16.7 Å². The molecule has 3 aromatic rings. The van der Waals surface area contributed by atoms with Gasteiger partial charge in [-0.25, -0.2) is 0 Å². The maximum atomic E-state index is 12.7. The third-order valence-electron chi connectivity index (χ3n) is 7.14. The number of fused-ring (bicyclic) bond motifs is 1. The molecule has 2 fully saturated rings. The van der Waals surface area contributed by atoms with Crippen molar-refractivity contribution in [3.63, 3.8) is 0 Å². The minimum atomic E-state index is 0.208. The van der Waals surface area contributed by atoms with Gasteiger partial charge in [0, 0.05) is 51.2 Å². The molecule has 1 aliphatic heterocycles. The van der Waals surface area contributed by atoms with Gasteiger partial charge in [-0.15, -0.1) is 0 Å². The maximum absolute atomic E-state index is 12.7. The summed E-state index contributed by atoms with van der Waals surface area (Å²) in [7, 11) is 0. The van der Waals surface area contributed by atoms with E-state index in [0.717, 1.165) is 45.6 Å². The van der Waals surface area contributed by atoms with E-state index in [2.05, 4.69) is 87.9 Å². The van der Waals surface area contributed by atoms with Gasteiger partial charge in [0.25, 0.3) is 0 Å². The van der Waals surface area contributed by atoms with E-state index in [9.17, 15) is 4.79 Å². The van der Waals surface area contributed by atoms with Crippen LogP contribution in [-0.4, -0.2) is 47.4 Å². The van der Waals surface area contributed by atoms with E-state index in [1.54, 1.807) is 0 Å². The Kier molecular flexibility index (Phi) is 7.03. The van der Waals surface area contributed by atoms with Crippen LogP contribution in [0, 0.1) is 0 Å². The Morgan fingerprint density at radius 2 is 1.61 bits per heavy atom. The fourth-order valence-electron chi connectivity index (χ4n) is 5.10. The molecule has 1 aliphatic carbocycles. The van der Waals surface area contributed by atoms with Crippen LogP contribution in [0.4, 0.5) is 0 Å². The van der Waals surface area contributed by atoms with Gasteiger partial charge < -0.3 is 5.32 Å². The van der Waals surface area contributed by atoms with E-state index in [-0.39, 0.29) is 5.91 Å². The van der Waals surface area contributed by atoms with Crippen molar-refractivity contribution in [1.29, 1.82) is 0 Å². The Morgan fingerprint density at radius 3 is 2.39 bits per heavy atom. The van der Waals surface area contributed by atoms with E-state index in [1.807, 2.05) is 0 Å². The van der Waals surface area contributed by atoms with Crippen LogP contribution in [0.5, 0.6) is 0 Å². The van der Waals surface area contributed by atoms with E-state index in [1.165, 1.54) is 34.7 Å². The molecule has 5 rings (SSSR count). The third kappa shape index (κ3) is 6.01. The smallest absolute Gasteiger partial charge is 0.221 e. The highest BCUT2D eigenvalue weighted by atomic mass is 16.1. The third-order valence-corrected chi connectivity index (χ3v) is 7.14. The maximum Gasteiger partial charge on any atom is 0.221 e. The number of carbonyl (C=O) groups is 1. The fraction of sp³-hybridized carbons (Fsp3) is 0.414. The average molecular weight is 442 g/mol. The van der Waals surface area contributed by atoms with Gasteiger partial charge in [-0.3, -0.25) is 14.6 Å². The van der Waals surface area contributed by atoms with Gasteiger partial charge in [-0.2, -0.15) is 0 Å². The topological polar surface area (TPSA) is 35.6 Å². The normalized spacial score (nSPS) is 17.5. The lowest BCUT2D eigenvalue weighted by Crippen LogP contribution is -2.45. The first-order chi connectivity index (χ1) is 16.2. The molecule has 2 aliphatic rings. The van der Waals surface area contributed by atoms with Gasteiger partial charge in [0.05, 0.1) is 0 Å². The summed E-state index contributed by atoms with van der Waals surface area (Å²) in [5.74, 6) is 0.208. The molecule has 4 heteroatoms. The highest BCUT2D eigenvalue weighted by Crippen LogP contribution is 2.30. The predicted octanol–water partition coefficient (Wildman–Crippen LogP) is 4.98. The van der Waals surface area contributed by atoms with E-state index in [4.69, 9.17) is 0 Å². The highest BCUT2D eigenvalue weighted by Gasteiger charge is 2.29. The predicted molar refractivity (Wildman–Crippen MR) is 135 cm³/mol. The number of piperidine rings is 1. The lowest BCUT2D eigenvalue weighted by molar-refractivity contribution is -0.122. The zero-order chi connectivity index (χ0) is 22.5. The molecule has 0 bridgehead atoms. The Balaban J connectivity index is 1.09. The molecule has 0 atom stereocenters. The zero-order valence-corrected chi connectivity index (χ0v) is 19.5. The number of rotatable bonds is 9. The SMILES string of the molecule is O=C(CCN(Cc1cccc2ccccc12)C1CC1)NC1CCN(Cc2ccccc2)CC1. The second kappa shape index (κ2) is 10.5. The van der Waals surface area contributed by atoms with Crippen LogP contribution in [0.3, 0.4) is 0 Å². The Bertz CT molecular complexity index is 1050. The molecule has 3 aromatic carbocycles. The summed E-state index contributed by atoms with van der Waals surface area (Å²) in [6.45, 7) is 4.88. The largest absolute Gasteiger partial charge is 0.353 e. The quantitative estimate of drug-likeness (QED) is 0.509. The van der Waals surface area contributed by atoms with Crippen LogP contribution in [-0.2, 0) is 17.9 Å². The van der Waals surface area contributed by atoms with Crippen molar-refractivity contribution < 1.29 is 4.79 Å². The summed E-state index contributed by atoms with van der Waals surface area (Å²) in [5, 5.41) is 5.94. The van der Waals surface area contributed by atoms with Gasteiger partial charge >= 0.3 is 0 Å². The lowest BCUT2D eigenvalue weighted by atomic mass is 10.0. The number of hydrogen-bond donors (Lipinski definition) is 1. The number of carbonyl (C=O) groups excluding carboxylic acids is 1. The molecule has 1 N–H and O–H groups in total. The first-order valence-corrected chi connectivity index (χ1v) is 12.5. The van der Waals surface area contributed by atoms with Gasteiger partial charge in [0.2, 0.25) is 5.91 Å². The molecule has 1 saturated heterocycles. The number of nitrogens with zero attached hydrogens (tertiary/aromatic N) is 2. The van der Waals surface area contributed by atoms with Gasteiger partial charge in [0.1, 0.15) is 0 Å². The van der Waals surface area contributed by atoms with E-state index < -0.39 is 0 Å². The van der Waals surface area contributed by atoms with Crippen LogP contribution >= 0.6 is 0 Å². The molecule has 1 heterocycles. The van der Waals surface area contributed by atoms with Crippen molar-refractivity contribution in [3.05, 3.63) is 83.9 Å². The first kappa shape index (κ1) is 22.1. The molecule has 0 spiro atoms. The standard InChI is InChI=1S/C29H35N3O/c33-29(30-26-15-18-31(19-16-26)21-23-7-2-1-3-8-23)17-20-32(27-13-14-27)22-25-11-6-10-24-9-4-5-12-28(24)25/h1-12,26-27H,13-22H2,(H,30,33). The molecule has 0 aromatic heterocycles. The Labute approximate surface area is 197 Å². The Hall–Kier alpha value is -2.69. The van der Waals surface area contributed by atoms with Crippen LogP contribution < -0.4 is 5.32 Å². The highest BCUT2D eigenvalue weighted by molar-refractivity contribution is 5.85. The number of hydrogen-bond acceptors (Lipinski definition) is 3. The summed E-state index contributed by atoms with van der Waals surface area (Å²) in [4.78, 5) is 17.8. The second-order valence-electron chi connectivity index (χ2n) is 9.69. The first-order valence-electron chi connectivity index (χ1n) is 12.5. The zero-order valence-electron chi connectivity index (χ0n) is 19.5. The monoisotopic (exact) mass is 441 g/mol. The molecule has 0 radical (unpaired) electrons. The molecule has 1 amide bonds. The average Bonchev–Trinajstić information content (AvgIpc) is 3.69. The molecule has 33 heavy (non-hydrogen) atoms. The van der Waals surface area contributed by atoms with Gasteiger partial charge in [-0.1, -0.05) is 72.8 Å².